The fourth-order valence-electron chi connectivity index (χ4n) is 3.95. The molecule has 0 aliphatic carbocycles. The Morgan fingerprint density at radius 1 is 1.19 bits per heavy atom. The molecule has 0 aromatic carbocycles. The van der Waals surface area contributed by atoms with E-state index in [0.717, 1.165) is 54.7 Å². The quantitative estimate of drug-likeness (QED) is 0.761. The molecule has 140 valence electrons. The number of imidazole rings is 1. The molecule has 2 fully saturated rings. The summed E-state index contributed by atoms with van der Waals surface area (Å²) >= 11 is 0. The first kappa shape index (κ1) is 16.4. The van der Waals surface area contributed by atoms with E-state index in [1.807, 2.05) is 18.5 Å². The molecule has 2 aliphatic rings. The lowest BCUT2D eigenvalue weighted by atomic mass is 10.1. The van der Waals surface area contributed by atoms with Crippen molar-refractivity contribution in [1.82, 2.24) is 24.5 Å². The summed E-state index contributed by atoms with van der Waals surface area (Å²) in [5.41, 5.74) is 1.95. The van der Waals surface area contributed by atoms with Crippen molar-refractivity contribution in [3.05, 3.63) is 30.9 Å². The molecule has 8 nitrogen and oxygen atoms in total. The summed E-state index contributed by atoms with van der Waals surface area (Å²) in [6.07, 6.45) is 6.89. The number of pyridine rings is 1. The van der Waals surface area contributed by atoms with Crippen LogP contribution in [0.25, 0.3) is 11.0 Å². The van der Waals surface area contributed by atoms with Gasteiger partial charge in [0.05, 0.1) is 24.1 Å². The highest BCUT2D eigenvalue weighted by molar-refractivity contribution is 5.78. The van der Waals surface area contributed by atoms with E-state index in [0.29, 0.717) is 18.1 Å². The largest absolute Gasteiger partial charge is 0.376 e. The van der Waals surface area contributed by atoms with Gasteiger partial charge in [0.1, 0.15) is 17.2 Å². The Labute approximate surface area is 157 Å². The Morgan fingerprint density at radius 2 is 2.11 bits per heavy atom. The van der Waals surface area contributed by atoms with Gasteiger partial charge in [-0.1, -0.05) is 0 Å². The maximum atomic E-state index is 5.79. The number of aromatic nitrogens is 5. The number of hydrogen-bond acceptors (Lipinski definition) is 7. The van der Waals surface area contributed by atoms with Gasteiger partial charge < -0.3 is 19.5 Å². The lowest BCUT2D eigenvalue weighted by molar-refractivity contribution is 0.114. The molecule has 0 spiro atoms. The van der Waals surface area contributed by atoms with Gasteiger partial charge in [0.25, 0.3) is 0 Å². The highest BCUT2D eigenvalue weighted by Crippen LogP contribution is 2.31. The van der Waals surface area contributed by atoms with Gasteiger partial charge in [-0.15, -0.1) is 0 Å². The summed E-state index contributed by atoms with van der Waals surface area (Å²) in [6.45, 7) is 6.99. The van der Waals surface area contributed by atoms with Crippen LogP contribution in [0.1, 0.15) is 26.3 Å². The molecular weight excluding hydrogens is 342 g/mol. The molecule has 3 aromatic heterocycles. The van der Waals surface area contributed by atoms with Crippen LogP contribution in [0.3, 0.4) is 0 Å². The van der Waals surface area contributed by atoms with Gasteiger partial charge in [-0.05, 0) is 26.3 Å². The average molecular weight is 365 g/mol. The second kappa shape index (κ2) is 6.45. The van der Waals surface area contributed by atoms with Crippen molar-refractivity contribution in [1.29, 1.82) is 0 Å². The third-order valence-corrected chi connectivity index (χ3v) is 5.40. The van der Waals surface area contributed by atoms with Gasteiger partial charge in [-0.3, -0.25) is 0 Å². The van der Waals surface area contributed by atoms with Crippen LogP contribution >= 0.6 is 0 Å². The Hall–Kier alpha value is -2.74. The van der Waals surface area contributed by atoms with Crippen LogP contribution in [-0.4, -0.2) is 50.3 Å². The molecule has 0 amide bonds. The topological polar surface area (TPSA) is 81.0 Å². The first-order valence-corrected chi connectivity index (χ1v) is 9.46. The number of nitrogens with zero attached hydrogens (tertiary/aromatic N) is 6. The van der Waals surface area contributed by atoms with E-state index in [-0.39, 0.29) is 0 Å². The zero-order valence-corrected chi connectivity index (χ0v) is 15.5. The second-order valence-electron chi connectivity index (χ2n) is 7.53. The first-order chi connectivity index (χ1) is 13.2. The lowest BCUT2D eigenvalue weighted by Crippen LogP contribution is -2.24. The Kier molecular flexibility index (Phi) is 3.93. The van der Waals surface area contributed by atoms with E-state index >= 15 is 0 Å². The third kappa shape index (κ3) is 2.99. The van der Waals surface area contributed by atoms with E-state index in [1.165, 1.54) is 0 Å². The first-order valence-electron chi connectivity index (χ1n) is 9.46. The molecule has 2 saturated heterocycles. The highest BCUT2D eigenvalue weighted by Gasteiger charge is 2.38. The Bertz CT molecular complexity index is 958. The minimum Gasteiger partial charge on any atom is -0.376 e. The molecular formula is C19H23N7O. The summed E-state index contributed by atoms with van der Waals surface area (Å²) in [6, 6.07) is 4.22. The fraction of sp³-hybridized carbons (Fsp3) is 0.474. The van der Waals surface area contributed by atoms with Crippen LogP contribution in [0.15, 0.2) is 30.9 Å². The van der Waals surface area contributed by atoms with Crippen LogP contribution in [-0.2, 0) is 4.74 Å². The molecule has 0 bridgehead atoms. The summed E-state index contributed by atoms with van der Waals surface area (Å²) in [4.78, 5) is 20.2. The van der Waals surface area contributed by atoms with Crippen molar-refractivity contribution in [3.8, 4) is 0 Å². The van der Waals surface area contributed by atoms with Crippen LogP contribution < -0.4 is 10.2 Å². The van der Waals surface area contributed by atoms with Crippen molar-refractivity contribution in [3.63, 3.8) is 0 Å². The smallest absolute Gasteiger partial charge is 0.227 e. The lowest BCUT2D eigenvalue weighted by Gasteiger charge is -2.17. The Morgan fingerprint density at radius 3 is 2.96 bits per heavy atom. The summed E-state index contributed by atoms with van der Waals surface area (Å²) in [7, 11) is 0. The van der Waals surface area contributed by atoms with Gasteiger partial charge in [0.15, 0.2) is 0 Å². The number of nitrogens with one attached hydrogen (secondary N) is 1. The summed E-state index contributed by atoms with van der Waals surface area (Å²) in [5, 5.41) is 3.31. The molecule has 3 aromatic rings. The normalized spacial score (nSPS) is 22.0. The standard InChI is InChI=1S/C19H23N7O/c1-12(2)26-11-22-14-8-21-18(7-15(14)26)23-17-3-5-20-19(24-17)25-9-13-4-6-27-16(13)10-25/h3,5,7-8,11-13,16H,4,6,9-10H2,1-2H3,(H,20,21,23,24). The van der Waals surface area contributed by atoms with Gasteiger partial charge in [-0.25, -0.2) is 15.0 Å². The van der Waals surface area contributed by atoms with Crippen LogP contribution in [0, 0.1) is 5.92 Å². The van der Waals surface area contributed by atoms with E-state index in [2.05, 4.69) is 48.6 Å². The van der Waals surface area contributed by atoms with E-state index in [4.69, 9.17) is 4.74 Å². The van der Waals surface area contributed by atoms with Gasteiger partial charge in [-0.2, -0.15) is 4.98 Å². The minimum atomic E-state index is 0.325. The fourth-order valence-corrected chi connectivity index (χ4v) is 3.95. The van der Waals surface area contributed by atoms with E-state index in [1.54, 1.807) is 12.4 Å². The van der Waals surface area contributed by atoms with Gasteiger partial charge in [0.2, 0.25) is 5.95 Å². The van der Waals surface area contributed by atoms with Crippen molar-refractivity contribution in [2.24, 2.45) is 5.92 Å². The maximum Gasteiger partial charge on any atom is 0.227 e. The predicted molar refractivity (Wildman–Crippen MR) is 103 cm³/mol. The number of fused-ring (bicyclic) bond motifs is 2. The van der Waals surface area contributed by atoms with Crippen LogP contribution in [0.4, 0.5) is 17.6 Å². The SMILES string of the molecule is CC(C)n1cnc2cnc(Nc3ccnc(N4CC5CCOC5C4)n3)cc21. The molecule has 8 heteroatoms. The van der Waals surface area contributed by atoms with Crippen molar-refractivity contribution in [2.45, 2.75) is 32.4 Å². The molecule has 1 N–H and O–H groups in total. The second-order valence-corrected chi connectivity index (χ2v) is 7.53. The Balaban J connectivity index is 1.38. The maximum absolute atomic E-state index is 5.79. The minimum absolute atomic E-state index is 0.325. The van der Waals surface area contributed by atoms with Crippen molar-refractivity contribution < 1.29 is 4.74 Å². The molecule has 27 heavy (non-hydrogen) atoms. The molecule has 0 saturated carbocycles. The molecule has 2 unspecified atom stereocenters. The predicted octanol–water partition coefficient (Wildman–Crippen LogP) is 2.77. The van der Waals surface area contributed by atoms with Gasteiger partial charge in [0, 0.05) is 43.9 Å². The molecule has 5 rings (SSSR count). The molecule has 2 aliphatic heterocycles. The number of rotatable bonds is 4. The number of hydrogen-bond donors (Lipinski definition) is 1. The number of anilines is 3. The van der Waals surface area contributed by atoms with E-state index in [9.17, 15) is 0 Å². The van der Waals surface area contributed by atoms with Crippen LogP contribution in [0.5, 0.6) is 0 Å². The zero-order chi connectivity index (χ0) is 18.4. The molecule has 5 heterocycles. The van der Waals surface area contributed by atoms with Crippen LogP contribution in [0.2, 0.25) is 0 Å². The van der Waals surface area contributed by atoms with Crippen molar-refractivity contribution in [2.75, 3.05) is 29.9 Å². The third-order valence-electron chi connectivity index (χ3n) is 5.40. The number of ether oxygens (including phenoxy) is 1. The monoisotopic (exact) mass is 365 g/mol. The summed E-state index contributed by atoms with van der Waals surface area (Å²) < 4.78 is 7.92. The zero-order valence-electron chi connectivity index (χ0n) is 15.5. The molecule has 2 atom stereocenters. The van der Waals surface area contributed by atoms with E-state index < -0.39 is 0 Å². The average Bonchev–Trinajstić information content (AvgIpc) is 3.36. The summed E-state index contributed by atoms with van der Waals surface area (Å²) in [5.74, 6) is 2.83. The molecule has 0 radical (unpaired) electrons. The van der Waals surface area contributed by atoms with Gasteiger partial charge >= 0.3 is 0 Å². The van der Waals surface area contributed by atoms with Crippen molar-refractivity contribution >= 4 is 28.6 Å². The highest BCUT2D eigenvalue weighted by atomic mass is 16.5.